The van der Waals surface area contributed by atoms with Crippen LogP contribution in [-0.4, -0.2) is 30.9 Å². The molecule has 22 heavy (non-hydrogen) atoms. The van der Waals surface area contributed by atoms with Crippen molar-refractivity contribution >= 4 is 18.2 Å². The van der Waals surface area contributed by atoms with Crippen molar-refractivity contribution in [2.45, 2.75) is 40.7 Å². The van der Waals surface area contributed by atoms with Crippen molar-refractivity contribution in [3.63, 3.8) is 0 Å². The largest absolute Gasteiger partial charge is 0.461 e. The number of carbonyl (C=O) groups excluding carboxylic acids is 3. The highest BCUT2D eigenvalue weighted by Gasteiger charge is 2.29. The number of esters is 2. The van der Waals surface area contributed by atoms with Crippen LogP contribution in [0.4, 0.5) is 0 Å². The maximum atomic E-state index is 12.1. The third kappa shape index (κ3) is 4.41. The first-order valence-electron chi connectivity index (χ1n) is 7.07. The normalized spacial score (nSPS) is 20.6. The molecule has 0 aromatic heterocycles. The molecule has 0 aliphatic heterocycles. The SMILES string of the molecule is C/C=C(\COC(C)=O)C(=O)O[C@@H]1C=C(C=O)C(C)(C)C=C1C. The van der Waals surface area contributed by atoms with Crippen LogP contribution in [0.3, 0.4) is 0 Å². The molecule has 0 amide bonds. The Labute approximate surface area is 130 Å². The molecule has 0 saturated carbocycles. The molecule has 0 saturated heterocycles. The fourth-order valence-corrected chi connectivity index (χ4v) is 2.19. The van der Waals surface area contributed by atoms with Gasteiger partial charge < -0.3 is 9.47 Å². The minimum Gasteiger partial charge on any atom is -0.461 e. The monoisotopic (exact) mass is 306 g/mol. The first kappa shape index (κ1) is 17.9. The maximum Gasteiger partial charge on any atom is 0.338 e. The zero-order chi connectivity index (χ0) is 16.9. The van der Waals surface area contributed by atoms with Gasteiger partial charge in [0.15, 0.2) is 0 Å². The summed E-state index contributed by atoms with van der Waals surface area (Å²) in [5.41, 5.74) is 1.30. The Kier molecular flexibility index (Phi) is 5.85. The van der Waals surface area contributed by atoms with E-state index in [0.717, 1.165) is 11.9 Å². The summed E-state index contributed by atoms with van der Waals surface area (Å²) in [7, 11) is 0. The Morgan fingerprint density at radius 2 is 2.00 bits per heavy atom. The fourth-order valence-electron chi connectivity index (χ4n) is 2.19. The molecule has 5 nitrogen and oxygen atoms in total. The second-order valence-electron chi connectivity index (χ2n) is 5.77. The van der Waals surface area contributed by atoms with Gasteiger partial charge in [-0.05, 0) is 25.5 Å². The number of allylic oxidation sites excluding steroid dienone is 3. The van der Waals surface area contributed by atoms with Gasteiger partial charge in [-0.15, -0.1) is 0 Å². The summed E-state index contributed by atoms with van der Waals surface area (Å²) in [6, 6.07) is 0. The third-order valence-electron chi connectivity index (χ3n) is 3.51. The van der Waals surface area contributed by atoms with Crippen molar-refractivity contribution in [1.29, 1.82) is 0 Å². The van der Waals surface area contributed by atoms with E-state index in [9.17, 15) is 14.4 Å². The molecule has 5 heteroatoms. The van der Waals surface area contributed by atoms with Crippen molar-refractivity contribution in [1.82, 2.24) is 0 Å². The minimum atomic E-state index is -0.590. The van der Waals surface area contributed by atoms with Gasteiger partial charge in [-0.1, -0.05) is 26.0 Å². The van der Waals surface area contributed by atoms with Gasteiger partial charge in [-0.2, -0.15) is 0 Å². The predicted octanol–water partition coefficient (Wildman–Crippen LogP) is 2.52. The smallest absolute Gasteiger partial charge is 0.338 e. The van der Waals surface area contributed by atoms with Gasteiger partial charge in [0.25, 0.3) is 0 Å². The number of hydrogen-bond acceptors (Lipinski definition) is 5. The van der Waals surface area contributed by atoms with Gasteiger partial charge in [0.1, 0.15) is 19.0 Å². The average molecular weight is 306 g/mol. The van der Waals surface area contributed by atoms with Crippen molar-refractivity contribution in [2.24, 2.45) is 5.41 Å². The topological polar surface area (TPSA) is 69.7 Å². The van der Waals surface area contributed by atoms with E-state index in [1.165, 1.54) is 6.92 Å². The molecular formula is C17H22O5. The van der Waals surface area contributed by atoms with Gasteiger partial charge in [0.05, 0.1) is 5.57 Å². The number of aldehydes is 1. The second kappa shape index (κ2) is 7.20. The van der Waals surface area contributed by atoms with Crippen molar-refractivity contribution < 1.29 is 23.9 Å². The van der Waals surface area contributed by atoms with Crippen LogP contribution < -0.4 is 0 Å². The molecule has 0 heterocycles. The number of rotatable bonds is 5. The molecule has 1 aliphatic rings. The molecule has 0 bridgehead atoms. The lowest BCUT2D eigenvalue weighted by Gasteiger charge is -2.30. The lowest BCUT2D eigenvalue weighted by atomic mass is 9.78. The lowest BCUT2D eigenvalue weighted by Crippen LogP contribution is -2.28. The highest BCUT2D eigenvalue weighted by Crippen LogP contribution is 2.34. The summed E-state index contributed by atoms with van der Waals surface area (Å²) >= 11 is 0. The number of carbonyl (C=O) groups is 3. The van der Waals surface area contributed by atoms with E-state index in [1.807, 2.05) is 26.8 Å². The Morgan fingerprint density at radius 3 is 2.50 bits per heavy atom. The number of hydrogen-bond donors (Lipinski definition) is 0. The highest BCUT2D eigenvalue weighted by atomic mass is 16.6. The molecule has 120 valence electrons. The van der Waals surface area contributed by atoms with Crippen LogP contribution in [0.2, 0.25) is 0 Å². The van der Waals surface area contributed by atoms with E-state index in [2.05, 4.69) is 0 Å². The Bertz CT molecular complexity index is 564. The van der Waals surface area contributed by atoms with Crippen molar-refractivity contribution in [3.8, 4) is 0 Å². The van der Waals surface area contributed by atoms with E-state index < -0.39 is 18.0 Å². The van der Waals surface area contributed by atoms with Crippen molar-refractivity contribution in [3.05, 3.63) is 34.9 Å². The Hall–Kier alpha value is -2.17. The summed E-state index contributed by atoms with van der Waals surface area (Å²) in [5.74, 6) is -1.03. The van der Waals surface area contributed by atoms with Crippen LogP contribution in [0.5, 0.6) is 0 Å². The predicted molar refractivity (Wildman–Crippen MR) is 82.0 cm³/mol. The fraction of sp³-hybridized carbons (Fsp3) is 0.471. The van der Waals surface area contributed by atoms with Crippen molar-refractivity contribution in [2.75, 3.05) is 6.61 Å². The number of ether oxygens (including phenoxy) is 2. The van der Waals surface area contributed by atoms with E-state index in [0.29, 0.717) is 5.57 Å². The molecule has 1 rings (SSSR count). The molecule has 0 radical (unpaired) electrons. The summed E-state index contributed by atoms with van der Waals surface area (Å²) in [6.07, 6.45) is 5.30. The highest BCUT2D eigenvalue weighted by molar-refractivity contribution is 5.89. The zero-order valence-electron chi connectivity index (χ0n) is 13.6. The average Bonchev–Trinajstić information content (AvgIpc) is 2.41. The maximum absolute atomic E-state index is 12.1. The van der Waals surface area contributed by atoms with Gasteiger partial charge in [0, 0.05) is 17.9 Å². The van der Waals surface area contributed by atoms with Crippen LogP contribution >= 0.6 is 0 Å². The first-order chi connectivity index (χ1) is 10.2. The Morgan fingerprint density at radius 1 is 1.36 bits per heavy atom. The van der Waals surface area contributed by atoms with Crippen LogP contribution in [0.25, 0.3) is 0 Å². The Balaban J connectivity index is 2.85. The second-order valence-corrected chi connectivity index (χ2v) is 5.77. The molecule has 0 spiro atoms. The molecule has 1 aliphatic carbocycles. The molecule has 0 N–H and O–H groups in total. The molecule has 0 aromatic rings. The van der Waals surface area contributed by atoms with Gasteiger partial charge >= 0.3 is 11.9 Å². The van der Waals surface area contributed by atoms with Gasteiger partial charge in [-0.25, -0.2) is 4.79 Å². The summed E-state index contributed by atoms with van der Waals surface area (Å²) in [5, 5.41) is 0. The molecule has 0 aromatic carbocycles. The van der Waals surface area contributed by atoms with E-state index >= 15 is 0 Å². The molecule has 0 fully saturated rings. The van der Waals surface area contributed by atoms with Crippen LogP contribution in [0, 0.1) is 5.41 Å². The lowest BCUT2D eigenvalue weighted by molar-refractivity contribution is -0.144. The zero-order valence-corrected chi connectivity index (χ0v) is 13.6. The first-order valence-corrected chi connectivity index (χ1v) is 7.07. The summed E-state index contributed by atoms with van der Waals surface area (Å²) in [4.78, 5) is 34.1. The van der Waals surface area contributed by atoms with Crippen LogP contribution in [-0.2, 0) is 23.9 Å². The van der Waals surface area contributed by atoms with Gasteiger partial charge in [0.2, 0.25) is 0 Å². The third-order valence-corrected chi connectivity index (χ3v) is 3.51. The standard InChI is InChI=1S/C17H22O5/c1-6-13(10-21-12(3)19)16(20)22-15-7-14(9-18)17(4,5)8-11(15)2/h6-9,15H,10H2,1-5H3/b13-6+/t15-/m1/s1. The molecule has 0 unspecified atom stereocenters. The summed E-state index contributed by atoms with van der Waals surface area (Å²) in [6.45, 7) is 8.50. The molecular weight excluding hydrogens is 284 g/mol. The van der Waals surface area contributed by atoms with E-state index in [-0.39, 0.29) is 17.6 Å². The van der Waals surface area contributed by atoms with E-state index in [1.54, 1.807) is 19.1 Å². The quantitative estimate of drug-likeness (QED) is 0.338. The van der Waals surface area contributed by atoms with Crippen LogP contribution in [0.1, 0.15) is 34.6 Å². The summed E-state index contributed by atoms with van der Waals surface area (Å²) < 4.78 is 10.2. The van der Waals surface area contributed by atoms with Crippen LogP contribution in [0.15, 0.2) is 34.9 Å². The van der Waals surface area contributed by atoms with E-state index in [4.69, 9.17) is 9.47 Å². The molecule has 1 atom stereocenters. The minimum absolute atomic E-state index is 0.129. The van der Waals surface area contributed by atoms with Gasteiger partial charge in [-0.3, -0.25) is 9.59 Å².